The molecule has 1 aromatic heterocycles. The number of ether oxygens (including phenoxy) is 1. The van der Waals surface area contributed by atoms with Gasteiger partial charge >= 0.3 is 6.03 Å². The van der Waals surface area contributed by atoms with Gasteiger partial charge in [-0.2, -0.15) is 0 Å². The molecule has 2 heterocycles. The van der Waals surface area contributed by atoms with Gasteiger partial charge in [-0.1, -0.05) is 11.8 Å². The molecule has 1 aromatic carbocycles. The van der Waals surface area contributed by atoms with Crippen LogP contribution in [0.15, 0.2) is 33.9 Å². The Morgan fingerprint density at radius 3 is 2.82 bits per heavy atom. The van der Waals surface area contributed by atoms with Crippen LogP contribution < -0.4 is 15.4 Å². The number of urea groups is 1. The summed E-state index contributed by atoms with van der Waals surface area (Å²) in [6.07, 6.45) is 0.646. The highest BCUT2D eigenvalue weighted by molar-refractivity contribution is 7.99. The zero-order chi connectivity index (χ0) is 19.9. The zero-order valence-corrected chi connectivity index (χ0v) is 16.0. The zero-order valence-electron chi connectivity index (χ0n) is 15.1. The molecule has 4 amide bonds. The largest absolute Gasteiger partial charge is 0.497 e. The summed E-state index contributed by atoms with van der Waals surface area (Å²) in [7, 11) is 1.57. The van der Waals surface area contributed by atoms with Crippen molar-refractivity contribution in [2.75, 3.05) is 31.3 Å². The molecule has 1 aliphatic rings. The summed E-state index contributed by atoms with van der Waals surface area (Å²) >= 11 is 1.12. The number of hydrogen-bond acceptors (Lipinski definition) is 8. The number of thioether (sulfide) groups is 1. The third-order valence-corrected chi connectivity index (χ3v) is 4.71. The van der Waals surface area contributed by atoms with Crippen LogP contribution in [-0.2, 0) is 16.0 Å². The molecule has 1 saturated heterocycles. The normalized spacial score (nSPS) is 14.0. The molecular formula is C17H19N5O5S. The quantitative estimate of drug-likeness (QED) is 0.629. The molecule has 0 atom stereocenters. The summed E-state index contributed by atoms with van der Waals surface area (Å²) in [4.78, 5) is 36.3. The molecule has 0 saturated carbocycles. The van der Waals surface area contributed by atoms with Crippen LogP contribution in [0.5, 0.6) is 5.75 Å². The standard InChI is InChI=1S/C17H19N5O5S/c1-26-12-4-2-11(3-5-12)18-14(24)10-28-17-21-20-15(27-17)7-9-22-8-6-13(23)19-16(22)25/h2-5H,6-10H2,1H3,(H,18,24)(H,19,23,25). The van der Waals surface area contributed by atoms with E-state index in [2.05, 4.69) is 20.8 Å². The number of methoxy groups -OCH3 is 1. The number of nitrogens with one attached hydrogen (secondary N) is 2. The van der Waals surface area contributed by atoms with E-state index in [0.717, 1.165) is 11.8 Å². The average molecular weight is 405 g/mol. The SMILES string of the molecule is COc1ccc(NC(=O)CSc2nnc(CCN3CCC(=O)NC3=O)o2)cc1. The van der Waals surface area contributed by atoms with E-state index in [9.17, 15) is 14.4 Å². The van der Waals surface area contributed by atoms with E-state index < -0.39 is 6.03 Å². The van der Waals surface area contributed by atoms with E-state index in [-0.39, 0.29) is 29.2 Å². The van der Waals surface area contributed by atoms with Gasteiger partial charge < -0.3 is 19.4 Å². The van der Waals surface area contributed by atoms with Crippen molar-refractivity contribution in [2.45, 2.75) is 18.1 Å². The number of imide groups is 1. The lowest BCUT2D eigenvalue weighted by atomic mass is 10.3. The van der Waals surface area contributed by atoms with E-state index in [4.69, 9.17) is 9.15 Å². The average Bonchev–Trinajstić information content (AvgIpc) is 3.14. The Kier molecular flexibility index (Phi) is 6.48. The second-order valence-electron chi connectivity index (χ2n) is 5.87. The first-order valence-corrected chi connectivity index (χ1v) is 9.50. The summed E-state index contributed by atoms with van der Waals surface area (Å²) in [5, 5.41) is 13.1. The predicted octanol–water partition coefficient (Wildman–Crippen LogP) is 1.29. The van der Waals surface area contributed by atoms with Crippen molar-refractivity contribution in [2.24, 2.45) is 0 Å². The highest BCUT2D eigenvalue weighted by atomic mass is 32.2. The van der Waals surface area contributed by atoms with Crippen LogP contribution in [0.4, 0.5) is 10.5 Å². The molecule has 11 heteroatoms. The van der Waals surface area contributed by atoms with Gasteiger partial charge in [-0.05, 0) is 24.3 Å². The van der Waals surface area contributed by atoms with E-state index >= 15 is 0 Å². The topological polar surface area (TPSA) is 127 Å². The van der Waals surface area contributed by atoms with Crippen molar-refractivity contribution in [3.05, 3.63) is 30.2 Å². The Morgan fingerprint density at radius 2 is 2.11 bits per heavy atom. The van der Waals surface area contributed by atoms with E-state index in [0.29, 0.717) is 36.8 Å². The van der Waals surface area contributed by atoms with Gasteiger partial charge in [0.15, 0.2) is 0 Å². The number of carbonyl (C=O) groups is 3. The Bertz CT molecular complexity index is 854. The number of carbonyl (C=O) groups excluding carboxylic acids is 3. The van der Waals surface area contributed by atoms with Crippen molar-refractivity contribution < 1.29 is 23.5 Å². The smallest absolute Gasteiger partial charge is 0.324 e. The maximum Gasteiger partial charge on any atom is 0.324 e. The van der Waals surface area contributed by atoms with E-state index in [1.165, 1.54) is 4.90 Å². The first kappa shape index (κ1) is 19.7. The molecule has 28 heavy (non-hydrogen) atoms. The van der Waals surface area contributed by atoms with Gasteiger partial charge in [0.2, 0.25) is 17.7 Å². The van der Waals surface area contributed by atoms with Gasteiger partial charge in [-0.3, -0.25) is 14.9 Å². The van der Waals surface area contributed by atoms with Crippen molar-refractivity contribution in [1.29, 1.82) is 0 Å². The first-order valence-electron chi connectivity index (χ1n) is 8.51. The molecule has 1 aliphatic heterocycles. The Morgan fingerprint density at radius 1 is 1.32 bits per heavy atom. The van der Waals surface area contributed by atoms with Crippen molar-refractivity contribution >= 4 is 35.3 Å². The minimum Gasteiger partial charge on any atom is -0.497 e. The second kappa shape index (κ2) is 9.22. The van der Waals surface area contributed by atoms with Gasteiger partial charge in [0.1, 0.15) is 5.75 Å². The molecule has 10 nitrogen and oxygen atoms in total. The maximum atomic E-state index is 12.0. The molecule has 0 bridgehead atoms. The van der Waals surface area contributed by atoms with Crippen LogP contribution in [0.1, 0.15) is 12.3 Å². The highest BCUT2D eigenvalue weighted by Crippen LogP contribution is 2.18. The predicted molar refractivity (Wildman–Crippen MR) is 100 cm³/mol. The lowest BCUT2D eigenvalue weighted by Gasteiger charge is -2.25. The third kappa shape index (κ3) is 5.46. The number of anilines is 1. The van der Waals surface area contributed by atoms with Crippen LogP contribution >= 0.6 is 11.8 Å². The molecule has 148 valence electrons. The van der Waals surface area contributed by atoms with Crippen LogP contribution in [0.3, 0.4) is 0 Å². The molecule has 0 aliphatic carbocycles. The molecular weight excluding hydrogens is 386 g/mol. The monoisotopic (exact) mass is 405 g/mol. The molecule has 2 N–H and O–H groups in total. The summed E-state index contributed by atoms with van der Waals surface area (Å²) in [6, 6.07) is 6.59. The third-order valence-electron chi connectivity index (χ3n) is 3.89. The number of benzene rings is 1. The molecule has 0 spiro atoms. The number of hydrogen-bond donors (Lipinski definition) is 2. The molecule has 3 rings (SSSR count). The lowest BCUT2D eigenvalue weighted by molar-refractivity contribution is -0.121. The summed E-state index contributed by atoms with van der Waals surface area (Å²) in [6.45, 7) is 0.731. The lowest BCUT2D eigenvalue weighted by Crippen LogP contribution is -2.49. The summed E-state index contributed by atoms with van der Waals surface area (Å²) < 4.78 is 10.5. The molecule has 0 unspecified atom stereocenters. The van der Waals surface area contributed by atoms with Crippen LogP contribution in [0, 0.1) is 0 Å². The molecule has 0 radical (unpaired) electrons. The van der Waals surface area contributed by atoms with Gasteiger partial charge in [-0.25, -0.2) is 4.79 Å². The minimum atomic E-state index is -0.416. The molecule has 1 fully saturated rings. The maximum absolute atomic E-state index is 12.0. The molecule has 2 aromatic rings. The fourth-order valence-electron chi connectivity index (χ4n) is 2.44. The first-order chi connectivity index (χ1) is 13.5. The van der Waals surface area contributed by atoms with Gasteiger partial charge in [0.05, 0.1) is 12.9 Å². The second-order valence-corrected chi connectivity index (χ2v) is 6.79. The van der Waals surface area contributed by atoms with Crippen LogP contribution in [-0.4, -0.2) is 58.9 Å². The van der Waals surface area contributed by atoms with Crippen molar-refractivity contribution in [3.8, 4) is 5.75 Å². The number of rotatable bonds is 8. The number of amides is 4. The van der Waals surface area contributed by atoms with Gasteiger partial charge in [-0.15, -0.1) is 10.2 Å². The van der Waals surface area contributed by atoms with Crippen LogP contribution in [0.2, 0.25) is 0 Å². The highest BCUT2D eigenvalue weighted by Gasteiger charge is 2.23. The van der Waals surface area contributed by atoms with Crippen molar-refractivity contribution in [1.82, 2.24) is 20.4 Å². The Balaban J connectivity index is 1.42. The Labute approximate surface area is 165 Å². The summed E-state index contributed by atoms with van der Waals surface area (Å²) in [5.41, 5.74) is 0.663. The van der Waals surface area contributed by atoms with E-state index in [1.807, 2.05) is 0 Å². The fourth-order valence-corrected chi connectivity index (χ4v) is 3.02. The number of aromatic nitrogens is 2. The van der Waals surface area contributed by atoms with E-state index in [1.54, 1.807) is 31.4 Å². The summed E-state index contributed by atoms with van der Waals surface area (Å²) in [5.74, 6) is 0.710. The Hall–Kier alpha value is -3.08. The van der Waals surface area contributed by atoms with Crippen molar-refractivity contribution in [3.63, 3.8) is 0 Å². The number of nitrogens with zero attached hydrogens (tertiary/aromatic N) is 3. The van der Waals surface area contributed by atoms with Gasteiger partial charge in [0, 0.05) is 31.6 Å². The fraction of sp³-hybridized carbons (Fsp3) is 0.353. The van der Waals surface area contributed by atoms with Gasteiger partial charge in [0.25, 0.3) is 5.22 Å². The minimum absolute atomic E-state index is 0.115. The van der Waals surface area contributed by atoms with Crippen LogP contribution in [0.25, 0.3) is 0 Å².